The summed E-state index contributed by atoms with van der Waals surface area (Å²) >= 11 is 0. The van der Waals surface area contributed by atoms with Gasteiger partial charge in [-0.15, -0.1) is 0 Å². The van der Waals surface area contributed by atoms with Crippen molar-refractivity contribution in [1.29, 1.82) is 0 Å². The van der Waals surface area contributed by atoms with Crippen LogP contribution in [0.25, 0.3) is 33.5 Å². The SMILES string of the molecule is Fc1ccc(-c2nn(Cc3ccc(-c4ccccc4)cc3)cc2-c2ccncc2)cc1. The molecule has 0 saturated carbocycles. The van der Waals surface area contributed by atoms with E-state index >= 15 is 0 Å². The van der Waals surface area contributed by atoms with E-state index < -0.39 is 0 Å². The molecule has 150 valence electrons. The minimum absolute atomic E-state index is 0.257. The summed E-state index contributed by atoms with van der Waals surface area (Å²) < 4.78 is 15.4. The van der Waals surface area contributed by atoms with Crippen molar-refractivity contribution in [3.8, 4) is 33.5 Å². The fourth-order valence-corrected chi connectivity index (χ4v) is 3.69. The largest absolute Gasteiger partial charge is 0.267 e. The Balaban J connectivity index is 1.48. The summed E-state index contributed by atoms with van der Waals surface area (Å²) in [5.74, 6) is -0.257. The van der Waals surface area contributed by atoms with Gasteiger partial charge < -0.3 is 0 Å². The molecule has 0 unspecified atom stereocenters. The Bertz CT molecular complexity index is 1280. The molecule has 5 aromatic rings. The van der Waals surface area contributed by atoms with Gasteiger partial charge in [0.15, 0.2) is 0 Å². The first-order valence-corrected chi connectivity index (χ1v) is 10.1. The van der Waals surface area contributed by atoms with E-state index in [9.17, 15) is 4.39 Å². The smallest absolute Gasteiger partial charge is 0.123 e. The van der Waals surface area contributed by atoms with Crippen molar-refractivity contribution in [2.24, 2.45) is 0 Å². The maximum atomic E-state index is 13.4. The lowest BCUT2D eigenvalue weighted by atomic mass is 10.0. The minimum Gasteiger partial charge on any atom is -0.267 e. The number of hydrogen-bond acceptors (Lipinski definition) is 2. The normalized spacial score (nSPS) is 10.9. The van der Waals surface area contributed by atoms with Crippen LogP contribution in [0.4, 0.5) is 4.39 Å². The molecule has 0 bridgehead atoms. The molecule has 5 rings (SSSR count). The van der Waals surface area contributed by atoms with Crippen molar-refractivity contribution in [1.82, 2.24) is 14.8 Å². The number of pyridine rings is 1. The van der Waals surface area contributed by atoms with Crippen LogP contribution in [-0.2, 0) is 6.54 Å². The highest BCUT2D eigenvalue weighted by Crippen LogP contribution is 2.31. The van der Waals surface area contributed by atoms with E-state index in [2.05, 4.69) is 41.4 Å². The molecule has 4 heteroatoms. The Labute approximate surface area is 180 Å². The lowest BCUT2D eigenvalue weighted by Gasteiger charge is -2.05. The highest BCUT2D eigenvalue weighted by atomic mass is 19.1. The minimum atomic E-state index is -0.257. The molecular weight excluding hydrogens is 385 g/mol. The maximum Gasteiger partial charge on any atom is 0.123 e. The van der Waals surface area contributed by atoms with E-state index in [-0.39, 0.29) is 5.82 Å². The molecule has 0 aliphatic rings. The van der Waals surface area contributed by atoms with E-state index in [4.69, 9.17) is 5.10 Å². The highest BCUT2D eigenvalue weighted by Gasteiger charge is 2.14. The number of nitrogens with zero attached hydrogens (tertiary/aromatic N) is 3. The number of benzene rings is 3. The average molecular weight is 405 g/mol. The monoisotopic (exact) mass is 405 g/mol. The number of halogens is 1. The lowest BCUT2D eigenvalue weighted by molar-refractivity contribution is 0.628. The molecule has 0 fully saturated rings. The van der Waals surface area contributed by atoms with Crippen LogP contribution in [-0.4, -0.2) is 14.8 Å². The first-order chi connectivity index (χ1) is 15.3. The van der Waals surface area contributed by atoms with E-state index in [1.165, 1.54) is 23.3 Å². The second-order valence-corrected chi connectivity index (χ2v) is 7.39. The second-order valence-electron chi connectivity index (χ2n) is 7.39. The predicted octanol–water partition coefficient (Wildman–Crippen LogP) is 6.47. The summed E-state index contributed by atoms with van der Waals surface area (Å²) in [5, 5.41) is 4.84. The molecule has 0 N–H and O–H groups in total. The molecule has 2 heterocycles. The van der Waals surface area contributed by atoms with Gasteiger partial charge in [0.2, 0.25) is 0 Å². The van der Waals surface area contributed by atoms with Crippen LogP contribution in [0.2, 0.25) is 0 Å². The molecule has 3 nitrogen and oxygen atoms in total. The standard InChI is InChI=1S/C27H20FN3/c28-25-12-10-24(11-13-25)27-26(23-14-16-29-17-15-23)19-31(30-27)18-20-6-8-22(9-7-20)21-4-2-1-3-5-21/h1-17,19H,18H2. The Morgan fingerprint density at radius 3 is 2.00 bits per heavy atom. The molecule has 0 amide bonds. The van der Waals surface area contributed by atoms with Gasteiger partial charge in [0.05, 0.1) is 6.54 Å². The van der Waals surface area contributed by atoms with Crippen molar-refractivity contribution < 1.29 is 4.39 Å². The van der Waals surface area contributed by atoms with Gasteiger partial charge in [0, 0.05) is 29.7 Å². The van der Waals surface area contributed by atoms with Gasteiger partial charge in [-0.3, -0.25) is 9.67 Å². The van der Waals surface area contributed by atoms with Crippen LogP contribution in [0.1, 0.15) is 5.56 Å². The van der Waals surface area contributed by atoms with E-state index in [1.807, 2.05) is 41.2 Å². The molecule has 3 aromatic carbocycles. The van der Waals surface area contributed by atoms with Crippen LogP contribution in [0, 0.1) is 5.82 Å². The van der Waals surface area contributed by atoms with Crippen LogP contribution in [0.3, 0.4) is 0 Å². The molecule has 0 radical (unpaired) electrons. The van der Waals surface area contributed by atoms with Gasteiger partial charge in [-0.05, 0) is 58.7 Å². The summed E-state index contributed by atoms with van der Waals surface area (Å²) in [6.45, 7) is 0.647. The molecule has 2 aromatic heterocycles. The quantitative estimate of drug-likeness (QED) is 0.336. The highest BCUT2D eigenvalue weighted by molar-refractivity contribution is 5.80. The molecule has 0 aliphatic carbocycles. The molecule has 31 heavy (non-hydrogen) atoms. The fraction of sp³-hybridized carbons (Fsp3) is 0.0370. The molecule has 0 spiro atoms. The summed E-state index contributed by atoms with van der Waals surface area (Å²) in [6, 6.07) is 29.3. The number of hydrogen-bond donors (Lipinski definition) is 0. The van der Waals surface area contributed by atoms with Crippen molar-refractivity contribution in [2.45, 2.75) is 6.54 Å². The number of rotatable bonds is 5. The van der Waals surface area contributed by atoms with Crippen LogP contribution in [0.5, 0.6) is 0 Å². The first-order valence-electron chi connectivity index (χ1n) is 10.1. The van der Waals surface area contributed by atoms with E-state index in [0.29, 0.717) is 6.54 Å². The van der Waals surface area contributed by atoms with E-state index in [0.717, 1.165) is 27.9 Å². The molecule has 0 aliphatic heterocycles. The summed E-state index contributed by atoms with van der Waals surface area (Å²) in [5.41, 5.74) is 7.28. The third kappa shape index (κ3) is 4.14. The summed E-state index contributed by atoms with van der Waals surface area (Å²) in [4.78, 5) is 4.12. The van der Waals surface area contributed by atoms with E-state index in [1.54, 1.807) is 24.5 Å². The van der Waals surface area contributed by atoms with Crippen molar-refractivity contribution in [3.63, 3.8) is 0 Å². The third-order valence-corrected chi connectivity index (χ3v) is 5.28. The zero-order valence-electron chi connectivity index (χ0n) is 16.8. The van der Waals surface area contributed by atoms with Gasteiger partial charge in [0.25, 0.3) is 0 Å². The van der Waals surface area contributed by atoms with Gasteiger partial charge in [-0.1, -0.05) is 54.6 Å². The fourth-order valence-electron chi connectivity index (χ4n) is 3.69. The molecule has 0 saturated heterocycles. The van der Waals surface area contributed by atoms with Gasteiger partial charge in [-0.25, -0.2) is 4.39 Å². The second kappa shape index (κ2) is 8.36. The summed E-state index contributed by atoms with van der Waals surface area (Å²) in [6.07, 6.45) is 5.58. The zero-order valence-corrected chi connectivity index (χ0v) is 16.8. The Kier molecular flexibility index (Phi) is 5.11. The van der Waals surface area contributed by atoms with Crippen molar-refractivity contribution >= 4 is 0 Å². The Morgan fingerprint density at radius 1 is 0.645 bits per heavy atom. The van der Waals surface area contributed by atoms with Gasteiger partial charge in [0.1, 0.15) is 11.5 Å². The topological polar surface area (TPSA) is 30.7 Å². The first kappa shape index (κ1) is 18.9. The van der Waals surface area contributed by atoms with Crippen LogP contribution in [0.15, 0.2) is 110 Å². The zero-order chi connectivity index (χ0) is 21.0. The average Bonchev–Trinajstić information content (AvgIpc) is 3.25. The van der Waals surface area contributed by atoms with Crippen LogP contribution >= 0.6 is 0 Å². The Morgan fingerprint density at radius 2 is 1.29 bits per heavy atom. The van der Waals surface area contributed by atoms with Gasteiger partial charge >= 0.3 is 0 Å². The Hall–Kier alpha value is -4.05. The van der Waals surface area contributed by atoms with Crippen LogP contribution < -0.4 is 0 Å². The molecule has 0 atom stereocenters. The molecular formula is C27H20FN3. The lowest BCUT2D eigenvalue weighted by Crippen LogP contribution is -2.00. The number of aromatic nitrogens is 3. The van der Waals surface area contributed by atoms with Crippen molar-refractivity contribution in [3.05, 3.63) is 121 Å². The third-order valence-electron chi connectivity index (χ3n) is 5.28. The predicted molar refractivity (Wildman–Crippen MR) is 122 cm³/mol. The van der Waals surface area contributed by atoms with Gasteiger partial charge in [-0.2, -0.15) is 5.10 Å². The maximum absolute atomic E-state index is 13.4. The summed E-state index contributed by atoms with van der Waals surface area (Å²) in [7, 11) is 0. The van der Waals surface area contributed by atoms with Crippen molar-refractivity contribution in [2.75, 3.05) is 0 Å².